The van der Waals surface area contributed by atoms with Crippen molar-refractivity contribution < 1.29 is 0 Å². The van der Waals surface area contributed by atoms with E-state index in [1.165, 1.54) is 49.2 Å². The van der Waals surface area contributed by atoms with Crippen molar-refractivity contribution in [3.05, 3.63) is 29.3 Å². The van der Waals surface area contributed by atoms with E-state index in [-0.39, 0.29) is 0 Å². The number of hydrogen-bond donors (Lipinski definition) is 1. The van der Waals surface area contributed by atoms with E-state index in [0.29, 0.717) is 0 Å². The van der Waals surface area contributed by atoms with Crippen LogP contribution < -0.4 is 10.2 Å². The molecular weight excluding hydrogens is 220 g/mol. The van der Waals surface area contributed by atoms with Gasteiger partial charge in [0, 0.05) is 18.8 Å². The van der Waals surface area contributed by atoms with Crippen LogP contribution >= 0.6 is 0 Å². The Morgan fingerprint density at radius 1 is 1.11 bits per heavy atom. The topological polar surface area (TPSA) is 15.3 Å². The van der Waals surface area contributed by atoms with E-state index < -0.39 is 0 Å². The van der Waals surface area contributed by atoms with Crippen LogP contribution in [-0.2, 0) is 0 Å². The molecule has 0 saturated carbocycles. The highest BCUT2D eigenvalue weighted by molar-refractivity contribution is 5.51. The molecule has 0 bridgehead atoms. The second kappa shape index (κ2) is 6.24. The highest BCUT2D eigenvalue weighted by Gasteiger charge is 2.19. The Morgan fingerprint density at radius 3 is 2.28 bits per heavy atom. The molecule has 2 nitrogen and oxygen atoms in total. The van der Waals surface area contributed by atoms with Gasteiger partial charge in [-0.15, -0.1) is 0 Å². The number of hydrogen-bond acceptors (Lipinski definition) is 2. The van der Waals surface area contributed by atoms with E-state index in [9.17, 15) is 0 Å². The van der Waals surface area contributed by atoms with Crippen molar-refractivity contribution in [1.29, 1.82) is 0 Å². The molecule has 100 valence electrons. The van der Waals surface area contributed by atoms with Crippen molar-refractivity contribution in [2.24, 2.45) is 5.92 Å². The Balaban J connectivity index is 1.92. The first-order valence-electron chi connectivity index (χ1n) is 7.17. The molecule has 2 rings (SSSR count). The minimum atomic E-state index is 0.916. The molecule has 0 atom stereocenters. The maximum absolute atomic E-state index is 3.26. The summed E-state index contributed by atoms with van der Waals surface area (Å²) in [6.45, 7) is 7.98. The van der Waals surface area contributed by atoms with Gasteiger partial charge < -0.3 is 10.2 Å². The third-order valence-corrected chi connectivity index (χ3v) is 3.99. The smallest absolute Gasteiger partial charge is 0.0371 e. The van der Waals surface area contributed by atoms with Crippen LogP contribution in [0, 0.1) is 19.8 Å². The van der Waals surface area contributed by atoms with Gasteiger partial charge in [-0.05, 0) is 75.9 Å². The third-order valence-electron chi connectivity index (χ3n) is 3.99. The molecule has 18 heavy (non-hydrogen) atoms. The minimum absolute atomic E-state index is 0.916. The van der Waals surface area contributed by atoms with Crippen molar-refractivity contribution >= 4 is 5.69 Å². The Labute approximate surface area is 111 Å². The number of aryl methyl sites for hydroxylation is 2. The van der Waals surface area contributed by atoms with E-state index in [1.54, 1.807) is 0 Å². The van der Waals surface area contributed by atoms with E-state index in [2.05, 4.69) is 42.3 Å². The summed E-state index contributed by atoms with van der Waals surface area (Å²) in [5.74, 6) is 0.916. The first-order valence-corrected chi connectivity index (χ1v) is 7.17. The molecule has 0 aromatic heterocycles. The molecule has 1 saturated heterocycles. The average molecular weight is 246 g/mol. The Morgan fingerprint density at radius 2 is 1.72 bits per heavy atom. The quantitative estimate of drug-likeness (QED) is 0.878. The maximum Gasteiger partial charge on any atom is 0.0371 e. The Hall–Kier alpha value is -1.02. The molecule has 2 heteroatoms. The van der Waals surface area contributed by atoms with Gasteiger partial charge in [0.25, 0.3) is 0 Å². The largest absolute Gasteiger partial charge is 0.372 e. The highest BCUT2D eigenvalue weighted by atomic mass is 15.1. The zero-order valence-corrected chi connectivity index (χ0v) is 12.0. The Bertz CT molecular complexity index is 358. The lowest BCUT2D eigenvalue weighted by atomic mass is 9.93. The lowest BCUT2D eigenvalue weighted by Crippen LogP contribution is -2.34. The van der Waals surface area contributed by atoms with E-state index in [1.807, 2.05) is 7.05 Å². The van der Waals surface area contributed by atoms with Crippen LogP contribution in [0.2, 0.25) is 0 Å². The van der Waals surface area contributed by atoms with E-state index in [4.69, 9.17) is 0 Å². The SMILES string of the molecule is CNCCC1CCN(c2cc(C)cc(C)c2)CC1. The van der Waals surface area contributed by atoms with Crippen LogP contribution in [0.5, 0.6) is 0 Å². The highest BCUT2D eigenvalue weighted by Crippen LogP contribution is 2.26. The summed E-state index contributed by atoms with van der Waals surface area (Å²) in [6.07, 6.45) is 4.01. The molecule has 1 aliphatic heterocycles. The number of nitrogens with one attached hydrogen (secondary N) is 1. The van der Waals surface area contributed by atoms with Crippen LogP contribution in [0.3, 0.4) is 0 Å². The van der Waals surface area contributed by atoms with Crippen molar-refractivity contribution in [2.75, 3.05) is 31.6 Å². The summed E-state index contributed by atoms with van der Waals surface area (Å²) in [4.78, 5) is 2.55. The number of rotatable bonds is 4. The Kier molecular flexibility index (Phi) is 4.65. The fraction of sp³-hybridized carbons (Fsp3) is 0.625. The van der Waals surface area contributed by atoms with Gasteiger partial charge in [-0.1, -0.05) is 6.07 Å². The summed E-state index contributed by atoms with van der Waals surface area (Å²) in [5.41, 5.74) is 4.17. The lowest BCUT2D eigenvalue weighted by molar-refractivity contribution is 0.378. The minimum Gasteiger partial charge on any atom is -0.372 e. The van der Waals surface area contributed by atoms with Crippen LogP contribution in [0.1, 0.15) is 30.4 Å². The number of piperidine rings is 1. The van der Waals surface area contributed by atoms with Crippen molar-refractivity contribution in [2.45, 2.75) is 33.1 Å². The van der Waals surface area contributed by atoms with Crippen LogP contribution in [0.15, 0.2) is 18.2 Å². The van der Waals surface area contributed by atoms with Gasteiger partial charge in [0.2, 0.25) is 0 Å². The molecule has 0 radical (unpaired) electrons. The molecular formula is C16H26N2. The second-order valence-electron chi connectivity index (χ2n) is 5.67. The lowest BCUT2D eigenvalue weighted by Gasteiger charge is -2.34. The van der Waals surface area contributed by atoms with Gasteiger partial charge in [0.05, 0.1) is 0 Å². The third kappa shape index (κ3) is 3.49. The molecule has 1 fully saturated rings. The molecule has 1 aromatic carbocycles. The normalized spacial score (nSPS) is 17.2. The van der Waals surface area contributed by atoms with E-state index in [0.717, 1.165) is 12.5 Å². The molecule has 0 unspecified atom stereocenters. The van der Waals surface area contributed by atoms with E-state index >= 15 is 0 Å². The predicted octanol–water partition coefficient (Wildman–Crippen LogP) is 3.13. The first kappa shape index (κ1) is 13.4. The van der Waals surface area contributed by atoms with Gasteiger partial charge in [-0.2, -0.15) is 0 Å². The molecule has 0 aliphatic carbocycles. The number of anilines is 1. The van der Waals surface area contributed by atoms with Gasteiger partial charge in [0.15, 0.2) is 0 Å². The molecule has 1 aliphatic rings. The average Bonchev–Trinajstić information content (AvgIpc) is 2.36. The zero-order valence-electron chi connectivity index (χ0n) is 12.0. The zero-order chi connectivity index (χ0) is 13.0. The summed E-state index contributed by atoms with van der Waals surface area (Å²) in [7, 11) is 2.05. The van der Waals surface area contributed by atoms with Crippen molar-refractivity contribution in [1.82, 2.24) is 5.32 Å². The predicted molar refractivity (Wildman–Crippen MR) is 79.4 cm³/mol. The summed E-state index contributed by atoms with van der Waals surface area (Å²) < 4.78 is 0. The maximum atomic E-state index is 3.26. The number of benzene rings is 1. The summed E-state index contributed by atoms with van der Waals surface area (Å²) in [5, 5.41) is 3.26. The van der Waals surface area contributed by atoms with Crippen LogP contribution in [0.4, 0.5) is 5.69 Å². The van der Waals surface area contributed by atoms with Gasteiger partial charge in [0.1, 0.15) is 0 Å². The molecule has 1 N–H and O–H groups in total. The first-order chi connectivity index (χ1) is 8.69. The number of nitrogens with zero attached hydrogens (tertiary/aromatic N) is 1. The monoisotopic (exact) mass is 246 g/mol. The van der Waals surface area contributed by atoms with Crippen molar-refractivity contribution in [3.8, 4) is 0 Å². The van der Waals surface area contributed by atoms with Crippen molar-refractivity contribution in [3.63, 3.8) is 0 Å². The molecule has 0 spiro atoms. The standard InChI is InChI=1S/C16H26N2/c1-13-10-14(2)12-16(11-13)18-8-5-15(6-9-18)4-7-17-3/h10-12,15,17H,4-9H2,1-3H3. The second-order valence-corrected chi connectivity index (χ2v) is 5.67. The van der Waals surface area contributed by atoms with Crippen LogP contribution in [0.25, 0.3) is 0 Å². The van der Waals surface area contributed by atoms with Gasteiger partial charge in [-0.3, -0.25) is 0 Å². The molecule has 1 heterocycles. The van der Waals surface area contributed by atoms with Gasteiger partial charge >= 0.3 is 0 Å². The molecule has 1 aromatic rings. The summed E-state index contributed by atoms with van der Waals surface area (Å²) >= 11 is 0. The van der Waals surface area contributed by atoms with Crippen LogP contribution in [-0.4, -0.2) is 26.7 Å². The summed E-state index contributed by atoms with van der Waals surface area (Å²) in [6, 6.07) is 6.89. The fourth-order valence-electron chi connectivity index (χ4n) is 2.96. The van der Waals surface area contributed by atoms with Gasteiger partial charge in [-0.25, -0.2) is 0 Å². The fourth-order valence-corrected chi connectivity index (χ4v) is 2.96. The molecule has 0 amide bonds.